The summed E-state index contributed by atoms with van der Waals surface area (Å²) in [5.74, 6) is -0.936. The summed E-state index contributed by atoms with van der Waals surface area (Å²) in [6.07, 6.45) is 2.65. The Morgan fingerprint density at radius 2 is 1.91 bits per heavy atom. The van der Waals surface area contributed by atoms with Crippen LogP contribution in [-0.4, -0.2) is 25.8 Å². The molecular weight excluding hydrogens is 504 g/mol. The number of rotatable bonds is 6. The van der Waals surface area contributed by atoms with Crippen LogP contribution in [0.25, 0.3) is 10.9 Å². The van der Waals surface area contributed by atoms with E-state index < -0.39 is 16.5 Å². The smallest absolute Gasteiger partial charge is 0.374 e. The molecule has 0 atom stereocenters. The van der Waals surface area contributed by atoms with E-state index in [1.807, 2.05) is 6.07 Å². The van der Waals surface area contributed by atoms with Crippen molar-refractivity contribution in [1.82, 2.24) is 20.4 Å². The molecule has 10 nitrogen and oxygen atoms in total. The molecule has 0 bridgehead atoms. The van der Waals surface area contributed by atoms with Crippen molar-refractivity contribution in [3.8, 4) is 11.6 Å². The van der Waals surface area contributed by atoms with E-state index in [0.29, 0.717) is 5.52 Å². The third-order valence-electron chi connectivity index (χ3n) is 4.27. The molecule has 0 unspecified atom stereocenters. The van der Waals surface area contributed by atoms with Gasteiger partial charge in [0, 0.05) is 16.1 Å². The molecule has 0 fully saturated rings. The summed E-state index contributed by atoms with van der Waals surface area (Å²) in [5, 5.41) is 12.7. The molecule has 0 aliphatic rings. The molecule has 4 aromatic rings. The van der Waals surface area contributed by atoms with Crippen LogP contribution in [0.3, 0.4) is 0 Å². The van der Waals surface area contributed by atoms with E-state index in [2.05, 4.69) is 41.7 Å². The maximum absolute atomic E-state index is 12.4. The summed E-state index contributed by atoms with van der Waals surface area (Å²) < 4.78 is 6.53. The molecule has 2 aromatic carbocycles. The van der Waals surface area contributed by atoms with Gasteiger partial charge < -0.3 is 4.74 Å². The quantitative estimate of drug-likeness (QED) is 0.274. The van der Waals surface area contributed by atoms with Crippen molar-refractivity contribution >= 4 is 55.8 Å². The van der Waals surface area contributed by atoms with Crippen LogP contribution in [0.5, 0.6) is 11.6 Å². The van der Waals surface area contributed by atoms with Crippen molar-refractivity contribution < 1.29 is 14.5 Å². The predicted octanol–water partition coefficient (Wildman–Crippen LogP) is 4.90. The summed E-state index contributed by atoms with van der Waals surface area (Å²) in [4.78, 5) is 35.4. The molecular formula is C20H12BrClN6O4. The second-order valence-corrected chi connectivity index (χ2v) is 7.50. The van der Waals surface area contributed by atoms with Gasteiger partial charge in [0.1, 0.15) is 11.8 Å². The van der Waals surface area contributed by atoms with Crippen molar-refractivity contribution in [2.24, 2.45) is 0 Å². The molecule has 12 heteroatoms. The van der Waals surface area contributed by atoms with E-state index in [0.717, 1.165) is 16.2 Å². The first-order valence-electron chi connectivity index (χ1n) is 8.97. The first-order chi connectivity index (χ1) is 15.5. The number of nitrogens with one attached hydrogen (secondary N) is 2. The Labute approximate surface area is 193 Å². The van der Waals surface area contributed by atoms with Crippen LogP contribution < -0.4 is 15.6 Å². The van der Waals surface area contributed by atoms with Crippen LogP contribution in [0, 0.1) is 10.1 Å². The molecule has 0 spiro atoms. The van der Waals surface area contributed by atoms with Gasteiger partial charge >= 0.3 is 11.6 Å². The zero-order chi connectivity index (χ0) is 22.7. The van der Waals surface area contributed by atoms with E-state index in [9.17, 15) is 14.9 Å². The number of pyridine rings is 1. The number of carbonyl (C=O) groups excluding carboxylic acids is 1. The number of halogens is 2. The lowest BCUT2D eigenvalue weighted by Crippen LogP contribution is -2.30. The highest BCUT2D eigenvalue weighted by atomic mass is 79.9. The highest BCUT2D eigenvalue weighted by molar-refractivity contribution is 9.10. The molecule has 0 saturated heterocycles. The molecule has 0 radical (unpaired) electrons. The van der Waals surface area contributed by atoms with Crippen LogP contribution in [0.4, 0.5) is 11.5 Å². The van der Waals surface area contributed by atoms with Crippen molar-refractivity contribution in [2.75, 3.05) is 5.43 Å². The molecule has 0 saturated carbocycles. The van der Waals surface area contributed by atoms with E-state index in [1.165, 1.54) is 6.07 Å². The molecule has 1 amide bonds. The second-order valence-electron chi connectivity index (χ2n) is 6.24. The van der Waals surface area contributed by atoms with Gasteiger partial charge in [0.2, 0.25) is 5.82 Å². The Bertz CT molecular complexity index is 1350. The van der Waals surface area contributed by atoms with Gasteiger partial charge in [0.15, 0.2) is 5.75 Å². The Balaban J connectivity index is 1.65. The van der Waals surface area contributed by atoms with E-state index in [1.54, 1.807) is 42.6 Å². The zero-order valence-corrected chi connectivity index (χ0v) is 18.3. The minimum atomic E-state index is -0.714. The maximum Gasteiger partial charge on any atom is 0.374 e. The van der Waals surface area contributed by atoms with E-state index >= 15 is 0 Å². The zero-order valence-electron chi connectivity index (χ0n) is 16.0. The Morgan fingerprint density at radius 1 is 1.09 bits per heavy atom. The molecule has 32 heavy (non-hydrogen) atoms. The molecule has 0 aliphatic heterocycles. The molecule has 2 heterocycles. The van der Waals surface area contributed by atoms with Gasteiger partial charge in [0.25, 0.3) is 5.91 Å². The van der Waals surface area contributed by atoms with Crippen molar-refractivity contribution in [2.45, 2.75) is 0 Å². The lowest BCUT2D eigenvalue weighted by molar-refractivity contribution is -0.385. The van der Waals surface area contributed by atoms with Gasteiger partial charge in [-0.2, -0.15) is 4.98 Å². The molecule has 4 rings (SSSR count). The predicted molar refractivity (Wildman–Crippen MR) is 121 cm³/mol. The van der Waals surface area contributed by atoms with Gasteiger partial charge in [-0.1, -0.05) is 45.7 Å². The number of carbonyl (C=O) groups is 1. The standard InChI is InChI=1S/C20H12BrClN6O4/c21-13-7-8-15(16-11(13)5-3-9-23-16)32-20-17(28(30)31)18(24-10-25-20)26-27-19(29)12-4-1-2-6-14(12)22/h1-10H,(H,27,29)(H,24,25,26). The summed E-state index contributed by atoms with van der Waals surface area (Å²) in [7, 11) is 0. The number of hydrazine groups is 1. The van der Waals surface area contributed by atoms with Crippen molar-refractivity contribution in [3.05, 3.63) is 86.2 Å². The van der Waals surface area contributed by atoms with E-state index in [-0.39, 0.29) is 28.0 Å². The second kappa shape index (κ2) is 9.12. The van der Waals surface area contributed by atoms with Gasteiger partial charge in [0.05, 0.1) is 15.5 Å². The third-order valence-corrected chi connectivity index (χ3v) is 5.29. The van der Waals surface area contributed by atoms with Crippen LogP contribution >= 0.6 is 27.5 Å². The Hall–Kier alpha value is -3.83. The van der Waals surface area contributed by atoms with Gasteiger partial charge in [-0.05, 0) is 30.3 Å². The van der Waals surface area contributed by atoms with Crippen LogP contribution in [0.2, 0.25) is 5.02 Å². The fourth-order valence-corrected chi connectivity index (χ4v) is 3.49. The SMILES string of the molecule is O=C(NNc1ncnc(Oc2ccc(Br)c3cccnc23)c1[N+](=O)[O-])c1ccccc1Cl. The Kier molecular flexibility index (Phi) is 6.10. The molecule has 0 aliphatic carbocycles. The maximum atomic E-state index is 12.4. The topological polar surface area (TPSA) is 132 Å². The fourth-order valence-electron chi connectivity index (χ4n) is 2.82. The number of aromatic nitrogens is 3. The summed E-state index contributed by atoms with van der Waals surface area (Å²) in [6, 6.07) is 13.3. The highest BCUT2D eigenvalue weighted by Gasteiger charge is 2.26. The van der Waals surface area contributed by atoms with Crippen LogP contribution in [0.1, 0.15) is 10.4 Å². The number of hydrogen-bond acceptors (Lipinski definition) is 8. The van der Waals surface area contributed by atoms with Gasteiger partial charge in [-0.15, -0.1) is 0 Å². The summed E-state index contributed by atoms with van der Waals surface area (Å²) in [5.41, 5.74) is 4.87. The number of nitro groups is 1. The van der Waals surface area contributed by atoms with Crippen LogP contribution in [0.15, 0.2) is 65.5 Å². The summed E-state index contributed by atoms with van der Waals surface area (Å²) >= 11 is 9.44. The van der Waals surface area contributed by atoms with Gasteiger partial charge in [-0.25, -0.2) is 4.98 Å². The molecule has 2 aromatic heterocycles. The lowest BCUT2D eigenvalue weighted by atomic mass is 10.2. The number of benzene rings is 2. The van der Waals surface area contributed by atoms with Crippen molar-refractivity contribution in [3.63, 3.8) is 0 Å². The molecule has 160 valence electrons. The first kappa shape index (κ1) is 21.4. The highest BCUT2D eigenvalue weighted by Crippen LogP contribution is 2.37. The van der Waals surface area contributed by atoms with E-state index in [4.69, 9.17) is 16.3 Å². The normalized spacial score (nSPS) is 10.6. The van der Waals surface area contributed by atoms with Gasteiger partial charge in [-0.3, -0.25) is 30.7 Å². The first-order valence-corrected chi connectivity index (χ1v) is 10.1. The number of ether oxygens (including phenoxy) is 1. The Morgan fingerprint density at radius 3 is 2.69 bits per heavy atom. The minimum Gasteiger partial charge on any atom is -0.431 e. The average Bonchev–Trinajstić information content (AvgIpc) is 2.79. The number of anilines is 1. The third kappa shape index (κ3) is 4.29. The number of nitrogens with zero attached hydrogens (tertiary/aromatic N) is 4. The average molecular weight is 516 g/mol. The largest absolute Gasteiger partial charge is 0.431 e. The minimum absolute atomic E-state index is 0.183. The molecule has 2 N–H and O–H groups in total. The lowest BCUT2D eigenvalue weighted by Gasteiger charge is -2.12. The number of hydrogen-bond donors (Lipinski definition) is 2. The van der Waals surface area contributed by atoms with Crippen molar-refractivity contribution in [1.29, 1.82) is 0 Å². The monoisotopic (exact) mass is 514 g/mol. The van der Waals surface area contributed by atoms with Crippen LogP contribution in [-0.2, 0) is 0 Å². The number of amides is 1. The fraction of sp³-hybridized carbons (Fsp3) is 0. The summed E-state index contributed by atoms with van der Waals surface area (Å²) in [6.45, 7) is 0. The number of fused-ring (bicyclic) bond motifs is 1.